The molecule has 2 atom stereocenters. The first-order valence-corrected chi connectivity index (χ1v) is 12.0. The molecule has 0 bridgehead atoms. The first-order chi connectivity index (χ1) is 14.4. The zero-order valence-electron chi connectivity index (χ0n) is 17.6. The maximum Gasteiger partial charge on any atom is 0.321 e. The molecule has 2 heterocycles. The summed E-state index contributed by atoms with van der Waals surface area (Å²) >= 11 is 0. The molecule has 2 aromatic rings. The summed E-state index contributed by atoms with van der Waals surface area (Å²) in [4.78, 5) is 17.4. The third kappa shape index (κ3) is 3.84. The van der Waals surface area contributed by atoms with Crippen molar-refractivity contribution in [2.45, 2.75) is 50.2 Å². The molecule has 6 nitrogen and oxygen atoms in total. The fourth-order valence-electron chi connectivity index (χ4n) is 4.40. The maximum absolute atomic E-state index is 13.6. The molecular weight excluding hydrogens is 398 g/mol. The van der Waals surface area contributed by atoms with Crippen LogP contribution in [0.25, 0.3) is 0 Å². The predicted molar refractivity (Wildman–Crippen MR) is 116 cm³/mol. The summed E-state index contributed by atoms with van der Waals surface area (Å²) in [5.74, 6) is 0. The van der Waals surface area contributed by atoms with Gasteiger partial charge in [0.1, 0.15) is 6.17 Å². The Morgan fingerprint density at radius 3 is 2.20 bits per heavy atom. The maximum atomic E-state index is 13.6. The first-order valence-electron chi connectivity index (χ1n) is 10.6. The minimum absolute atomic E-state index is 0.0716. The van der Waals surface area contributed by atoms with Crippen LogP contribution in [0.1, 0.15) is 43.5 Å². The number of amides is 2. The van der Waals surface area contributed by atoms with E-state index in [1.807, 2.05) is 49.1 Å². The Balaban J connectivity index is 1.75. The van der Waals surface area contributed by atoms with Crippen LogP contribution >= 0.6 is 0 Å². The third-order valence-electron chi connectivity index (χ3n) is 6.03. The number of hydrogen-bond donors (Lipinski definition) is 0. The number of aryl methyl sites for hydroxylation is 1. The van der Waals surface area contributed by atoms with Crippen molar-refractivity contribution in [1.29, 1.82) is 0 Å². The summed E-state index contributed by atoms with van der Waals surface area (Å²) < 4.78 is 28.7. The molecule has 0 N–H and O–H groups in total. The van der Waals surface area contributed by atoms with Gasteiger partial charge in [-0.25, -0.2) is 13.2 Å². The molecule has 0 spiro atoms. The fraction of sp³-hybridized carbons (Fsp3) is 0.435. The Bertz CT molecular complexity index is 986. The van der Waals surface area contributed by atoms with Crippen molar-refractivity contribution >= 4 is 16.1 Å². The van der Waals surface area contributed by atoms with E-state index in [1.165, 1.54) is 4.31 Å². The number of benzene rings is 2. The van der Waals surface area contributed by atoms with Crippen molar-refractivity contribution < 1.29 is 13.2 Å². The topological polar surface area (TPSA) is 60.9 Å². The smallest absolute Gasteiger partial charge is 0.321 e. The van der Waals surface area contributed by atoms with Gasteiger partial charge < -0.3 is 4.90 Å². The molecule has 4 rings (SSSR count). The average molecular weight is 428 g/mol. The van der Waals surface area contributed by atoms with E-state index in [0.717, 1.165) is 43.5 Å². The third-order valence-corrected chi connectivity index (χ3v) is 7.86. The number of likely N-dealkylation sites (tertiary alicyclic amines) is 1. The molecule has 0 radical (unpaired) electrons. The largest absolute Gasteiger partial charge is 0.325 e. The Morgan fingerprint density at radius 1 is 0.933 bits per heavy atom. The summed E-state index contributed by atoms with van der Waals surface area (Å²) in [6.45, 7) is 5.60. The highest BCUT2D eigenvalue weighted by Gasteiger charge is 2.48. The molecule has 2 aliphatic rings. The number of urea groups is 1. The van der Waals surface area contributed by atoms with Gasteiger partial charge in [0.15, 0.2) is 0 Å². The fourth-order valence-corrected chi connectivity index (χ4v) is 6.05. The van der Waals surface area contributed by atoms with Crippen LogP contribution in [0.5, 0.6) is 0 Å². The lowest BCUT2D eigenvalue weighted by Gasteiger charge is -2.37. The second-order valence-corrected chi connectivity index (χ2v) is 10.1. The van der Waals surface area contributed by atoms with E-state index < -0.39 is 16.2 Å². The lowest BCUT2D eigenvalue weighted by molar-refractivity contribution is 0.116. The molecule has 0 aliphatic carbocycles. The van der Waals surface area contributed by atoms with Crippen molar-refractivity contribution in [2.24, 2.45) is 0 Å². The number of nitrogens with zero attached hydrogens (tertiary/aromatic N) is 3. The lowest BCUT2D eigenvalue weighted by Crippen LogP contribution is -2.48. The number of sulfonamides is 1. The zero-order chi connectivity index (χ0) is 21.3. The van der Waals surface area contributed by atoms with Gasteiger partial charge in [-0.15, -0.1) is 0 Å². The van der Waals surface area contributed by atoms with E-state index in [1.54, 1.807) is 29.2 Å². The second-order valence-electron chi connectivity index (χ2n) is 8.26. The van der Waals surface area contributed by atoms with Gasteiger partial charge in [0, 0.05) is 25.7 Å². The van der Waals surface area contributed by atoms with E-state index >= 15 is 0 Å². The molecule has 30 heavy (non-hydrogen) atoms. The quantitative estimate of drug-likeness (QED) is 0.744. The Labute approximate surface area is 179 Å². The summed E-state index contributed by atoms with van der Waals surface area (Å²) in [5, 5.41) is 0. The highest BCUT2D eigenvalue weighted by atomic mass is 32.2. The molecule has 160 valence electrons. The van der Waals surface area contributed by atoms with Crippen molar-refractivity contribution in [1.82, 2.24) is 14.1 Å². The molecule has 2 fully saturated rings. The number of rotatable bonds is 3. The van der Waals surface area contributed by atoms with Gasteiger partial charge in [-0.3, -0.25) is 4.90 Å². The lowest BCUT2D eigenvalue weighted by atomic mass is 10.1. The average Bonchev–Trinajstić information content (AvgIpc) is 3.12. The van der Waals surface area contributed by atoms with Gasteiger partial charge in [-0.1, -0.05) is 48.0 Å². The summed E-state index contributed by atoms with van der Waals surface area (Å²) in [7, 11) is -3.76. The van der Waals surface area contributed by atoms with Crippen molar-refractivity contribution in [3.05, 3.63) is 65.7 Å². The number of piperidine rings is 1. The van der Waals surface area contributed by atoms with Crippen molar-refractivity contribution in [3.8, 4) is 0 Å². The molecule has 2 aliphatic heterocycles. The van der Waals surface area contributed by atoms with Crippen LogP contribution in [-0.4, -0.2) is 54.2 Å². The molecule has 2 unspecified atom stereocenters. The van der Waals surface area contributed by atoms with E-state index in [9.17, 15) is 13.2 Å². The summed E-state index contributed by atoms with van der Waals surface area (Å²) in [5.41, 5.74) is 1.81. The second kappa shape index (κ2) is 8.40. The highest BCUT2D eigenvalue weighted by molar-refractivity contribution is 7.89. The Kier molecular flexibility index (Phi) is 5.84. The van der Waals surface area contributed by atoms with Crippen LogP contribution in [-0.2, 0) is 10.0 Å². The van der Waals surface area contributed by atoms with E-state index in [-0.39, 0.29) is 23.5 Å². The minimum atomic E-state index is -3.76. The number of carbonyl (C=O) groups excluding carboxylic acids is 1. The Morgan fingerprint density at radius 2 is 1.57 bits per heavy atom. The van der Waals surface area contributed by atoms with Gasteiger partial charge in [-0.05, 0) is 50.8 Å². The SMILES string of the molecule is Cc1ccc(S(=O)(=O)N2CC(C)N(C(=O)N3CCCCC3)C2c2ccccc2)cc1. The number of hydrogen-bond acceptors (Lipinski definition) is 3. The van der Waals surface area contributed by atoms with Gasteiger partial charge >= 0.3 is 6.03 Å². The number of carbonyl (C=O) groups is 1. The molecule has 2 amide bonds. The van der Waals surface area contributed by atoms with Gasteiger partial charge in [-0.2, -0.15) is 4.31 Å². The molecule has 2 aromatic carbocycles. The van der Waals surface area contributed by atoms with Crippen LogP contribution in [0, 0.1) is 6.92 Å². The van der Waals surface area contributed by atoms with Gasteiger partial charge in [0.25, 0.3) is 0 Å². The van der Waals surface area contributed by atoms with E-state index in [0.29, 0.717) is 0 Å². The minimum Gasteiger partial charge on any atom is -0.325 e. The molecule has 7 heteroatoms. The molecule has 0 aromatic heterocycles. The molecule has 0 saturated carbocycles. The molecular formula is C23H29N3O3S. The molecule has 2 saturated heterocycles. The first kappa shape index (κ1) is 20.9. The Hall–Kier alpha value is -2.38. The van der Waals surface area contributed by atoms with Crippen LogP contribution in [0.4, 0.5) is 4.79 Å². The van der Waals surface area contributed by atoms with Crippen LogP contribution in [0.2, 0.25) is 0 Å². The summed E-state index contributed by atoms with van der Waals surface area (Å²) in [6, 6.07) is 16.1. The normalized spacial score (nSPS) is 23.0. The monoisotopic (exact) mass is 427 g/mol. The highest BCUT2D eigenvalue weighted by Crippen LogP contribution is 2.38. The van der Waals surface area contributed by atoms with Gasteiger partial charge in [0.2, 0.25) is 10.0 Å². The van der Waals surface area contributed by atoms with Crippen molar-refractivity contribution in [3.63, 3.8) is 0 Å². The van der Waals surface area contributed by atoms with E-state index in [2.05, 4.69) is 0 Å². The van der Waals surface area contributed by atoms with Crippen LogP contribution in [0.3, 0.4) is 0 Å². The zero-order valence-corrected chi connectivity index (χ0v) is 18.4. The standard InChI is InChI=1S/C23H29N3O3S/c1-18-11-13-21(14-12-18)30(28,29)25-17-19(2)26(22(25)20-9-5-3-6-10-20)23(27)24-15-7-4-8-16-24/h3,5-6,9-14,19,22H,4,7-8,15-17H2,1-2H3. The van der Waals surface area contributed by atoms with Gasteiger partial charge in [0.05, 0.1) is 4.90 Å². The van der Waals surface area contributed by atoms with E-state index in [4.69, 9.17) is 0 Å². The van der Waals surface area contributed by atoms with Crippen LogP contribution < -0.4 is 0 Å². The van der Waals surface area contributed by atoms with Crippen molar-refractivity contribution in [2.75, 3.05) is 19.6 Å². The van der Waals surface area contributed by atoms with Crippen LogP contribution in [0.15, 0.2) is 59.5 Å². The summed E-state index contributed by atoms with van der Waals surface area (Å²) in [6.07, 6.45) is 2.47. The predicted octanol–water partition coefficient (Wildman–Crippen LogP) is 3.99.